The first-order chi connectivity index (χ1) is 18.8. The van der Waals surface area contributed by atoms with Gasteiger partial charge in [0.2, 0.25) is 0 Å². The predicted octanol–water partition coefficient (Wildman–Crippen LogP) is 9.15. The van der Waals surface area contributed by atoms with Gasteiger partial charge in [0.05, 0.1) is 13.2 Å². The Morgan fingerprint density at radius 1 is 0.615 bits per heavy atom. The van der Waals surface area contributed by atoms with Crippen LogP contribution in [0.5, 0.6) is 11.5 Å². The van der Waals surface area contributed by atoms with Gasteiger partial charge in [-0.05, 0) is 48.9 Å². The van der Waals surface area contributed by atoms with Gasteiger partial charge in [0, 0.05) is 0 Å². The first-order valence-electron chi connectivity index (χ1n) is 15.0. The van der Waals surface area contributed by atoms with E-state index >= 15 is 0 Å². The Morgan fingerprint density at radius 3 is 1.26 bits per heavy atom. The van der Waals surface area contributed by atoms with Crippen molar-refractivity contribution < 1.29 is 28.7 Å². The third kappa shape index (κ3) is 22.8. The quantitative estimate of drug-likeness (QED) is 0.0948. The van der Waals surface area contributed by atoms with E-state index in [-0.39, 0.29) is 0 Å². The molecule has 6 nitrogen and oxygen atoms in total. The average Bonchev–Trinajstić information content (AvgIpc) is 3.78. The summed E-state index contributed by atoms with van der Waals surface area (Å²) in [4.78, 5) is 21.6. The lowest BCUT2D eigenvalue weighted by atomic mass is 10.0. The van der Waals surface area contributed by atoms with Gasteiger partial charge in [0.25, 0.3) is 0 Å². The number of hydrogen-bond donors (Lipinski definition) is 3. The predicted molar refractivity (Wildman–Crippen MR) is 161 cm³/mol. The average molecular weight is 565 g/mol. The highest BCUT2D eigenvalue weighted by Crippen LogP contribution is 2.30. The van der Waals surface area contributed by atoms with E-state index in [2.05, 4.69) is 67.1 Å². The van der Waals surface area contributed by atoms with Gasteiger partial charge in [-0.1, -0.05) is 127 Å². The maximum atomic E-state index is 8.88. The van der Waals surface area contributed by atoms with Crippen molar-refractivity contribution in [2.75, 3.05) is 13.2 Å². The fourth-order valence-corrected chi connectivity index (χ4v) is 4.28. The molecule has 1 aliphatic rings. The van der Waals surface area contributed by atoms with Crippen LogP contribution in [0.3, 0.4) is 0 Å². The minimum Gasteiger partial charge on any atom is -0.457 e. The molecular formula is C32H53O6P. The summed E-state index contributed by atoms with van der Waals surface area (Å²) >= 11 is 0. The molecule has 1 fully saturated rings. The Kier molecular flexibility index (Phi) is 20.9. The monoisotopic (exact) mass is 564 g/mol. The highest BCUT2D eigenvalue weighted by atomic mass is 31.2. The molecule has 2 aromatic rings. The molecule has 39 heavy (non-hydrogen) atoms. The molecule has 3 N–H and O–H groups in total. The second-order valence-electron chi connectivity index (χ2n) is 10.2. The number of hydrogen-bond acceptors (Lipinski definition) is 3. The number of phosphoric acid groups is 1. The van der Waals surface area contributed by atoms with Crippen molar-refractivity contribution in [2.45, 2.75) is 117 Å². The van der Waals surface area contributed by atoms with Gasteiger partial charge in [0.1, 0.15) is 11.5 Å². The summed E-state index contributed by atoms with van der Waals surface area (Å²) in [7, 11) is -4.64. The Bertz CT molecular complexity index is 825. The van der Waals surface area contributed by atoms with Crippen molar-refractivity contribution in [3.63, 3.8) is 0 Å². The number of epoxide rings is 1. The van der Waals surface area contributed by atoms with Crippen LogP contribution in [0, 0.1) is 0 Å². The molecule has 0 unspecified atom stereocenters. The molecule has 0 aliphatic carbocycles. The molecule has 0 radical (unpaired) electrons. The Labute approximate surface area is 237 Å². The van der Waals surface area contributed by atoms with Crippen LogP contribution < -0.4 is 4.74 Å². The van der Waals surface area contributed by atoms with E-state index in [0.717, 1.165) is 37.6 Å². The largest absolute Gasteiger partial charge is 0.466 e. The van der Waals surface area contributed by atoms with Gasteiger partial charge in [-0.2, -0.15) is 0 Å². The zero-order chi connectivity index (χ0) is 28.6. The lowest BCUT2D eigenvalue weighted by molar-refractivity contribution is 0.275. The summed E-state index contributed by atoms with van der Waals surface area (Å²) in [6, 6.07) is 17.3. The number of benzene rings is 2. The van der Waals surface area contributed by atoms with Gasteiger partial charge in [-0.15, -0.1) is 0 Å². The van der Waals surface area contributed by atoms with Crippen LogP contribution in [-0.4, -0.2) is 27.9 Å². The third-order valence-electron chi connectivity index (χ3n) is 6.47. The Balaban J connectivity index is 0.000000819. The van der Waals surface area contributed by atoms with Crippen LogP contribution in [0.25, 0.3) is 0 Å². The van der Waals surface area contributed by atoms with Gasteiger partial charge < -0.3 is 24.2 Å². The van der Waals surface area contributed by atoms with Crippen LogP contribution in [0.4, 0.5) is 0 Å². The van der Waals surface area contributed by atoms with Crippen molar-refractivity contribution in [1.29, 1.82) is 0 Å². The van der Waals surface area contributed by atoms with E-state index in [1.807, 2.05) is 0 Å². The minimum atomic E-state index is -4.64. The molecule has 7 heteroatoms. The Hall–Kier alpha value is -1.69. The summed E-state index contributed by atoms with van der Waals surface area (Å²) in [6.45, 7) is 6.56. The van der Waals surface area contributed by atoms with Crippen molar-refractivity contribution in [1.82, 2.24) is 0 Å². The van der Waals surface area contributed by atoms with Gasteiger partial charge in [0.15, 0.2) is 0 Å². The number of rotatable bonds is 18. The van der Waals surface area contributed by atoms with Crippen LogP contribution in [0.2, 0.25) is 0 Å². The standard InChI is InChI=1S/C30H46O.C2H4O.H3O4P/c1-3-5-7-9-11-13-15-21-27-23-17-19-25-29(27)31-30-26-20-18-24-28(30)22-16-14-12-10-8-6-4-2;1-2-3-1;1-5(2,3)4/h17-20,23-26H,3-16,21-22H2,1-2H3;1-2H2;(H3,1,2,3,4). The van der Waals surface area contributed by atoms with Crippen LogP contribution in [-0.2, 0) is 22.1 Å². The number of para-hydroxylation sites is 2. The van der Waals surface area contributed by atoms with E-state index in [0.29, 0.717) is 0 Å². The molecule has 1 aliphatic heterocycles. The molecule has 0 saturated carbocycles. The maximum Gasteiger partial charge on any atom is 0.466 e. The molecule has 0 spiro atoms. The molecule has 1 heterocycles. The zero-order valence-electron chi connectivity index (χ0n) is 24.4. The summed E-state index contributed by atoms with van der Waals surface area (Å²) in [5.41, 5.74) is 2.70. The van der Waals surface area contributed by atoms with Crippen LogP contribution in [0.1, 0.15) is 115 Å². The van der Waals surface area contributed by atoms with E-state index in [1.165, 1.54) is 101 Å². The molecule has 0 bridgehead atoms. The molecule has 0 aromatic heterocycles. The van der Waals surface area contributed by atoms with Crippen LogP contribution >= 0.6 is 7.82 Å². The smallest absolute Gasteiger partial charge is 0.457 e. The number of ether oxygens (including phenoxy) is 2. The van der Waals surface area contributed by atoms with E-state index in [9.17, 15) is 0 Å². The zero-order valence-corrected chi connectivity index (χ0v) is 25.3. The lowest BCUT2D eigenvalue weighted by Crippen LogP contribution is -1.96. The van der Waals surface area contributed by atoms with Crippen molar-refractivity contribution in [3.8, 4) is 11.5 Å². The second kappa shape index (κ2) is 23.1. The molecular weight excluding hydrogens is 511 g/mol. The second-order valence-corrected chi connectivity index (χ2v) is 11.2. The normalized spacial score (nSPS) is 12.1. The van der Waals surface area contributed by atoms with Gasteiger partial charge >= 0.3 is 7.82 Å². The van der Waals surface area contributed by atoms with Crippen molar-refractivity contribution >= 4 is 7.82 Å². The lowest BCUT2D eigenvalue weighted by Gasteiger charge is -2.14. The Morgan fingerprint density at radius 2 is 0.923 bits per heavy atom. The van der Waals surface area contributed by atoms with E-state index in [4.69, 9.17) is 24.0 Å². The fourth-order valence-electron chi connectivity index (χ4n) is 4.28. The topological polar surface area (TPSA) is 99.5 Å². The van der Waals surface area contributed by atoms with E-state index in [1.54, 1.807) is 0 Å². The summed E-state index contributed by atoms with van der Waals surface area (Å²) in [5.74, 6) is 2.08. The third-order valence-corrected chi connectivity index (χ3v) is 6.47. The van der Waals surface area contributed by atoms with Crippen LogP contribution in [0.15, 0.2) is 48.5 Å². The molecule has 2 aromatic carbocycles. The molecule has 0 atom stereocenters. The first kappa shape index (κ1) is 35.3. The summed E-state index contributed by atoms with van der Waals surface area (Å²) < 4.78 is 19.8. The summed E-state index contributed by atoms with van der Waals surface area (Å²) in [6.07, 6.45) is 21.1. The number of aryl methyl sites for hydroxylation is 2. The molecule has 222 valence electrons. The fraction of sp³-hybridized carbons (Fsp3) is 0.625. The maximum absolute atomic E-state index is 8.88. The van der Waals surface area contributed by atoms with Gasteiger partial charge in [-0.3, -0.25) is 0 Å². The molecule has 3 rings (SSSR count). The van der Waals surface area contributed by atoms with E-state index < -0.39 is 7.82 Å². The molecule has 1 saturated heterocycles. The summed E-state index contributed by atoms with van der Waals surface area (Å²) in [5, 5.41) is 0. The van der Waals surface area contributed by atoms with Crippen molar-refractivity contribution in [3.05, 3.63) is 59.7 Å². The minimum absolute atomic E-state index is 1.00. The van der Waals surface area contributed by atoms with Gasteiger partial charge in [-0.25, -0.2) is 4.57 Å². The first-order valence-corrected chi connectivity index (χ1v) is 16.6. The van der Waals surface area contributed by atoms with Crippen molar-refractivity contribution in [2.24, 2.45) is 0 Å². The molecule has 0 amide bonds. The highest BCUT2D eigenvalue weighted by molar-refractivity contribution is 7.45. The highest BCUT2D eigenvalue weighted by Gasteiger charge is 2.08. The number of unbranched alkanes of at least 4 members (excludes halogenated alkanes) is 12. The SMILES string of the molecule is C1CO1.CCCCCCCCCc1ccccc1Oc1ccccc1CCCCCCCCC.O=P(O)(O)O.